The number of aryl methyl sites for hydroxylation is 3. The summed E-state index contributed by atoms with van der Waals surface area (Å²) >= 11 is 0. The molecule has 0 aliphatic heterocycles. The molecule has 0 aliphatic carbocycles. The van der Waals surface area contributed by atoms with E-state index < -0.39 is 0 Å². The Morgan fingerprint density at radius 2 is 1.86 bits per heavy atom. The number of anilines is 2. The number of hydrogen-bond acceptors (Lipinski definition) is 8. The molecule has 0 saturated carbocycles. The lowest BCUT2D eigenvalue weighted by molar-refractivity contribution is 0.480. The zero-order valence-electron chi connectivity index (χ0n) is 21.0. The van der Waals surface area contributed by atoms with Crippen molar-refractivity contribution in [1.82, 2.24) is 35.6 Å². The first-order valence-corrected chi connectivity index (χ1v) is 12.2. The summed E-state index contributed by atoms with van der Waals surface area (Å²) in [7, 11) is 0. The van der Waals surface area contributed by atoms with Gasteiger partial charge in [0.25, 0.3) is 0 Å². The van der Waals surface area contributed by atoms with Crippen molar-refractivity contribution in [3.05, 3.63) is 95.7 Å². The topological polar surface area (TPSA) is 114 Å². The number of aromatic nitrogens is 7. The Labute approximate surface area is 215 Å². The van der Waals surface area contributed by atoms with Crippen LogP contribution in [0.15, 0.2) is 73.1 Å². The zero-order chi connectivity index (χ0) is 25.6. The minimum absolute atomic E-state index is 0.314. The van der Waals surface area contributed by atoms with Crippen LogP contribution in [0.5, 0.6) is 11.5 Å². The molecule has 1 aromatic carbocycles. The predicted octanol–water partition coefficient (Wildman–Crippen LogP) is 5.80. The number of nitrogens with zero attached hydrogens (tertiary/aromatic N) is 6. The van der Waals surface area contributed by atoms with Crippen molar-refractivity contribution in [2.45, 2.75) is 39.5 Å². The number of pyridine rings is 3. The Bertz CT molecular complexity index is 1470. The molecule has 0 aliphatic rings. The molecule has 0 fully saturated rings. The van der Waals surface area contributed by atoms with Crippen LogP contribution in [0.3, 0.4) is 0 Å². The van der Waals surface area contributed by atoms with E-state index in [1.807, 2.05) is 49.4 Å². The van der Waals surface area contributed by atoms with Crippen molar-refractivity contribution in [3.8, 4) is 22.9 Å². The maximum Gasteiger partial charge on any atom is 0.174 e. The third-order valence-electron chi connectivity index (χ3n) is 5.93. The largest absolute Gasteiger partial charge is 0.455 e. The number of ether oxygens (including phenoxy) is 1. The first kappa shape index (κ1) is 24.1. The summed E-state index contributed by atoms with van der Waals surface area (Å²) in [5.74, 6) is 3.00. The van der Waals surface area contributed by atoms with Gasteiger partial charge < -0.3 is 10.1 Å². The number of nitrogens with one attached hydrogen (secondary N) is 2. The van der Waals surface area contributed by atoms with E-state index in [9.17, 15) is 0 Å². The Morgan fingerprint density at radius 3 is 2.65 bits per heavy atom. The molecule has 186 valence electrons. The number of hydrogen-bond donors (Lipinski definition) is 2. The van der Waals surface area contributed by atoms with Crippen molar-refractivity contribution in [3.63, 3.8) is 0 Å². The van der Waals surface area contributed by atoms with E-state index in [2.05, 4.69) is 68.0 Å². The Hall–Kier alpha value is -4.66. The smallest absolute Gasteiger partial charge is 0.174 e. The van der Waals surface area contributed by atoms with Gasteiger partial charge in [0.2, 0.25) is 0 Å². The molecule has 9 heteroatoms. The molecule has 4 heterocycles. The van der Waals surface area contributed by atoms with Gasteiger partial charge in [0.15, 0.2) is 11.6 Å². The summed E-state index contributed by atoms with van der Waals surface area (Å²) in [5, 5.41) is 17.5. The summed E-state index contributed by atoms with van der Waals surface area (Å²) < 4.78 is 6.39. The number of tetrazole rings is 1. The van der Waals surface area contributed by atoms with Crippen LogP contribution >= 0.6 is 0 Å². The van der Waals surface area contributed by atoms with Gasteiger partial charge in [0.05, 0.1) is 5.69 Å². The summed E-state index contributed by atoms with van der Waals surface area (Å²) in [4.78, 5) is 13.8. The van der Waals surface area contributed by atoms with E-state index in [-0.39, 0.29) is 0 Å². The van der Waals surface area contributed by atoms with E-state index in [1.54, 1.807) is 12.4 Å². The highest BCUT2D eigenvalue weighted by atomic mass is 16.5. The van der Waals surface area contributed by atoms with Crippen molar-refractivity contribution in [1.29, 1.82) is 0 Å². The molecule has 4 aromatic heterocycles. The summed E-state index contributed by atoms with van der Waals surface area (Å²) in [6.07, 6.45) is 5.00. The molecule has 37 heavy (non-hydrogen) atoms. The van der Waals surface area contributed by atoms with Gasteiger partial charge in [-0.05, 0) is 66.8 Å². The molecule has 0 atom stereocenters. The van der Waals surface area contributed by atoms with Gasteiger partial charge in [-0.2, -0.15) is 5.21 Å². The molecular weight excluding hydrogens is 464 g/mol. The summed E-state index contributed by atoms with van der Waals surface area (Å²) in [6.45, 7) is 6.33. The highest BCUT2D eigenvalue weighted by Crippen LogP contribution is 2.35. The summed E-state index contributed by atoms with van der Waals surface area (Å²) in [6, 6.07) is 19.7. The van der Waals surface area contributed by atoms with Crippen LogP contribution in [0.4, 0.5) is 11.5 Å². The third-order valence-corrected chi connectivity index (χ3v) is 5.93. The highest BCUT2D eigenvalue weighted by molar-refractivity contribution is 5.65. The molecule has 0 amide bonds. The summed E-state index contributed by atoms with van der Waals surface area (Å²) in [5.41, 5.74) is 5.68. The number of aromatic amines is 1. The van der Waals surface area contributed by atoms with E-state index in [4.69, 9.17) is 9.72 Å². The van der Waals surface area contributed by atoms with Crippen molar-refractivity contribution < 1.29 is 4.74 Å². The van der Waals surface area contributed by atoms with Crippen LogP contribution in [0, 0.1) is 6.92 Å². The third kappa shape index (κ3) is 5.95. The molecule has 9 nitrogen and oxygen atoms in total. The van der Waals surface area contributed by atoms with Crippen LogP contribution in [-0.4, -0.2) is 35.6 Å². The second kappa shape index (κ2) is 10.9. The van der Waals surface area contributed by atoms with Gasteiger partial charge in [-0.15, -0.1) is 10.2 Å². The normalized spacial score (nSPS) is 11.0. The Kier molecular flexibility index (Phi) is 7.12. The standard InChI is InChI=1S/C28H28N8O/c1-18(2)23-17-25(28(31-19(23)3)24-9-4-5-13-29-24)37-22-12-14-30-27(16-22)32-21-8-6-7-20(15-21)10-11-26-33-35-36-34-26/h4-9,12-18H,10-11H2,1-3H3,(H,30,32)(H,33,34,35,36). The lowest BCUT2D eigenvalue weighted by Gasteiger charge is -2.16. The van der Waals surface area contributed by atoms with E-state index in [0.29, 0.717) is 41.2 Å². The monoisotopic (exact) mass is 492 g/mol. The second-order valence-electron chi connectivity index (χ2n) is 9.01. The Morgan fingerprint density at radius 1 is 0.946 bits per heavy atom. The van der Waals surface area contributed by atoms with E-state index in [1.165, 1.54) is 0 Å². The average molecular weight is 493 g/mol. The molecule has 5 aromatic rings. The van der Waals surface area contributed by atoms with Crippen molar-refractivity contribution in [2.75, 3.05) is 5.32 Å². The minimum Gasteiger partial charge on any atom is -0.455 e. The molecule has 5 rings (SSSR count). The molecule has 2 N–H and O–H groups in total. The van der Waals surface area contributed by atoms with Gasteiger partial charge in [0, 0.05) is 36.3 Å². The van der Waals surface area contributed by atoms with E-state index in [0.717, 1.165) is 34.6 Å². The predicted molar refractivity (Wildman–Crippen MR) is 142 cm³/mol. The zero-order valence-corrected chi connectivity index (χ0v) is 21.0. The van der Waals surface area contributed by atoms with Crippen LogP contribution in [0.2, 0.25) is 0 Å². The fourth-order valence-corrected chi connectivity index (χ4v) is 4.12. The molecule has 0 spiro atoms. The first-order chi connectivity index (χ1) is 18.0. The SMILES string of the molecule is Cc1nc(-c2ccccn2)c(Oc2ccnc(Nc3cccc(CCc4nn[nH]n4)c3)c2)cc1C(C)C. The number of rotatable bonds is 9. The van der Waals surface area contributed by atoms with Crippen LogP contribution in [0.25, 0.3) is 11.4 Å². The van der Waals surface area contributed by atoms with Gasteiger partial charge in [-0.3, -0.25) is 4.98 Å². The first-order valence-electron chi connectivity index (χ1n) is 12.2. The highest BCUT2D eigenvalue weighted by Gasteiger charge is 2.16. The minimum atomic E-state index is 0.314. The van der Waals surface area contributed by atoms with Crippen LogP contribution < -0.4 is 10.1 Å². The van der Waals surface area contributed by atoms with Gasteiger partial charge in [0.1, 0.15) is 17.3 Å². The number of H-pyrrole nitrogens is 1. The molecule has 0 saturated heterocycles. The second-order valence-corrected chi connectivity index (χ2v) is 9.01. The molecule has 0 unspecified atom stereocenters. The van der Waals surface area contributed by atoms with Gasteiger partial charge in [-0.1, -0.05) is 37.3 Å². The quantitative estimate of drug-likeness (QED) is 0.265. The lowest BCUT2D eigenvalue weighted by Crippen LogP contribution is -2.01. The maximum atomic E-state index is 6.39. The van der Waals surface area contributed by atoms with Crippen LogP contribution in [-0.2, 0) is 12.8 Å². The van der Waals surface area contributed by atoms with Crippen molar-refractivity contribution in [2.24, 2.45) is 0 Å². The lowest BCUT2D eigenvalue weighted by atomic mass is 10.0. The maximum absolute atomic E-state index is 6.39. The van der Waals surface area contributed by atoms with Gasteiger partial charge in [-0.25, -0.2) is 9.97 Å². The fraction of sp³-hybridized carbons (Fsp3) is 0.214. The Balaban J connectivity index is 1.37. The van der Waals surface area contributed by atoms with E-state index >= 15 is 0 Å². The molecule has 0 radical (unpaired) electrons. The molecular formula is C28H28N8O. The molecule has 0 bridgehead atoms. The fourth-order valence-electron chi connectivity index (χ4n) is 4.12. The van der Waals surface area contributed by atoms with Crippen molar-refractivity contribution >= 4 is 11.5 Å². The number of benzene rings is 1. The average Bonchev–Trinajstić information content (AvgIpc) is 3.43. The van der Waals surface area contributed by atoms with Crippen LogP contribution in [0.1, 0.15) is 42.4 Å². The van der Waals surface area contributed by atoms with Gasteiger partial charge >= 0.3 is 0 Å².